The first-order chi connectivity index (χ1) is 10.5. The Balaban J connectivity index is 2.01. The van der Waals surface area contributed by atoms with E-state index in [1.807, 2.05) is 4.90 Å². The van der Waals surface area contributed by atoms with E-state index in [-0.39, 0.29) is 5.92 Å². The number of rotatable bonds is 5. The average molecular weight is 302 g/mol. The maximum absolute atomic E-state index is 12.6. The molecule has 0 saturated carbocycles. The monoisotopic (exact) mass is 302 g/mol. The van der Waals surface area contributed by atoms with Crippen LogP contribution in [-0.2, 0) is 11.3 Å². The van der Waals surface area contributed by atoms with Gasteiger partial charge in [0.1, 0.15) is 0 Å². The Bertz CT molecular complexity index is 508. The maximum atomic E-state index is 12.6. The maximum Gasteiger partial charge on any atom is 0.226 e. The summed E-state index contributed by atoms with van der Waals surface area (Å²) < 4.78 is 0. The molecule has 0 aromatic heterocycles. The SMILES string of the molecule is CCN(CC)C(=O)C1CCCN(Cc2cc(C)ccc2C)C1. The first-order valence-corrected chi connectivity index (χ1v) is 8.62. The number of hydrogen-bond donors (Lipinski definition) is 0. The highest BCUT2D eigenvalue weighted by atomic mass is 16.2. The van der Waals surface area contributed by atoms with E-state index in [1.165, 1.54) is 16.7 Å². The van der Waals surface area contributed by atoms with Gasteiger partial charge in [0.05, 0.1) is 5.92 Å². The molecule has 1 unspecified atom stereocenters. The molecule has 0 bridgehead atoms. The van der Waals surface area contributed by atoms with Crippen LogP contribution in [0, 0.1) is 19.8 Å². The van der Waals surface area contributed by atoms with E-state index in [4.69, 9.17) is 0 Å². The Kier molecular flexibility index (Phi) is 6.01. The second-order valence-electron chi connectivity index (χ2n) is 6.51. The Hall–Kier alpha value is -1.35. The highest BCUT2D eigenvalue weighted by Crippen LogP contribution is 2.22. The van der Waals surface area contributed by atoms with Gasteiger partial charge >= 0.3 is 0 Å². The lowest BCUT2D eigenvalue weighted by atomic mass is 9.95. The highest BCUT2D eigenvalue weighted by Gasteiger charge is 2.28. The number of benzene rings is 1. The molecule has 122 valence electrons. The molecule has 1 aromatic carbocycles. The predicted molar refractivity (Wildman–Crippen MR) is 91.8 cm³/mol. The van der Waals surface area contributed by atoms with Gasteiger partial charge in [-0.15, -0.1) is 0 Å². The van der Waals surface area contributed by atoms with E-state index >= 15 is 0 Å². The quantitative estimate of drug-likeness (QED) is 0.832. The lowest BCUT2D eigenvalue weighted by Crippen LogP contribution is -2.44. The van der Waals surface area contributed by atoms with Crippen LogP contribution < -0.4 is 0 Å². The van der Waals surface area contributed by atoms with Gasteiger partial charge in [0, 0.05) is 26.2 Å². The summed E-state index contributed by atoms with van der Waals surface area (Å²) >= 11 is 0. The molecule has 1 aromatic rings. The van der Waals surface area contributed by atoms with Gasteiger partial charge < -0.3 is 4.90 Å². The van der Waals surface area contributed by atoms with Crippen molar-refractivity contribution in [3.05, 3.63) is 34.9 Å². The standard InChI is InChI=1S/C19H30N2O/c1-5-21(6-2)19(22)17-8-7-11-20(13-17)14-18-12-15(3)9-10-16(18)4/h9-10,12,17H,5-8,11,13-14H2,1-4H3. The number of carbonyl (C=O) groups is 1. The van der Waals surface area contributed by atoms with Crippen molar-refractivity contribution in [3.8, 4) is 0 Å². The van der Waals surface area contributed by atoms with Crippen LogP contribution in [-0.4, -0.2) is 41.9 Å². The molecule has 1 atom stereocenters. The fourth-order valence-electron chi connectivity index (χ4n) is 3.41. The molecule has 1 amide bonds. The normalized spacial score (nSPS) is 19.2. The molecule has 0 spiro atoms. The minimum Gasteiger partial charge on any atom is -0.343 e. The molecule has 0 radical (unpaired) electrons. The van der Waals surface area contributed by atoms with E-state index in [0.717, 1.165) is 45.6 Å². The zero-order valence-corrected chi connectivity index (χ0v) is 14.6. The predicted octanol–water partition coefficient (Wildman–Crippen LogP) is 3.38. The minimum atomic E-state index is 0.179. The molecule has 0 aliphatic carbocycles. The van der Waals surface area contributed by atoms with Gasteiger partial charge in [-0.3, -0.25) is 9.69 Å². The molecule has 22 heavy (non-hydrogen) atoms. The van der Waals surface area contributed by atoms with E-state index in [9.17, 15) is 4.79 Å². The second kappa shape index (κ2) is 7.77. The largest absolute Gasteiger partial charge is 0.343 e. The Labute approximate surface area is 135 Å². The van der Waals surface area contributed by atoms with Crippen LogP contribution in [0.2, 0.25) is 0 Å². The van der Waals surface area contributed by atoms with E-state index in [2.05, 4.69) is 50.8 Å². The first-order valence-electron chi connectivity index (χ1n) is 8.62. The van der Waals surface area contributed by atoms with Crippen molar-refractivity contribution >= 4 is 5.91 Å². The van der Waals surface area contributed by atoms with E-state index in [0.29, 0.717) is 5.91 Å². The molecule has 0 N–H and O–H groups in total. The zero-order chi connectivity index (χ0) is 16.1. The van der Waals surface area contributed by atoms with E-state index < -0.39 is 0 Å². The zero-order valence-electron chi connectivity index (χ0n) is 14.6. The number of piperidine rings is 1. The second-order valence-corrected chi connectivity index (χ2v) is 6.51. The van der Waals surface area contributed by atoms with Gasteiger partial charge in [-0.25, -0.2) is 0 Å². The summed E-state index contributed by atoms with van der Waals surface area (Å²) in [5.74, 6) is 0.523. The van der Waals surface area contributed by atoms with Crippen molar-refractivity contribution in [2.24, 2.45) is 5.92 Å². The van der Waals surface area contributed by atoms with Gasteiger partial charge in [-0.2, -0.15) is 0 Å². The van der Waals surface area contributed by atoms with Crippen molar-refractivity contribution in [3.63, 3.8) is 0 Å². The third kappa shape index (κ3) is 4.10. The third-order valence-electron chi connectivity index (χ3n) is 4.83. The van der Waals surface area contributed by atoms with E-state index in [1.54, 1.807) is 0 Å². The summed E-state index contributed by atoms with van der Waals surface area (Å²) in [5, 5.41) is 0. The van der Waals surface area contributed by atoms with Crippen LogP contribution in [0.1, 0.15) is 43.4 Å². The smallest absolute Gasteiger partial charge is 0.226 e. The van der Waals surface area contributed by atoms with Crippen LogP contribution in [0.25, 0.3) is 0 Å². The Morgan fingerprint density at radius 1 is 1.27 bits per heavy atom. The Morgan fingerprint density at radius 2 is 2.00 bits per heavy atom. The van der Waals surface area contributed by atoms with Gasteiger partial charge in [0.2, 0.25) is 5.91 Å². The average Bonchev–Trinajstić information content (AvgIpc) is 2.52. The third-order valence-corrected chi connectivity index (χ3v) is 4.83. The summed E-state index contributed by atoms with van der Waals surface area (Å²) in [7, 11) is 0. The van der Waals surface area contributed by atoms with Crippen LogP contribution in [0.3, 0.4) is 0 Å². The fourth-order valence-corrected chi connectivity index (χ4v) is 3.41. The van der Waals surface area contributed by atoms with Crippen molar-refractivity contribution < 1.29 is 4.79 Å². The van der Waals surface area contributed by atoms with Crippen LogP contribution >= 0.6 is 0 Å². The molecule has 1 fully saturated rings. The summed E-state index contributed by atoms with van der Waals surface area (Å²) in [6, 6.07) is 6.65. The van der Waals surface area contributed by atoms with Crippen molar-refractivity contribution in [2.75, 3.05) is 26.2 Å². The topological polar surface area (TPSA) is 23.6 Å². The molecule has 1 aliphatic rings. The fraction of sp³-hybridized carbons (Fsp3) is 0.632. The highest BCUT2D eigenvalue weighted by molar-refractivity contribution is 5.79. The first kappa shape index (κ1) is 17.0. The van der Waals surface area contributed by atoms with Crippen LogP contribution in [0.5, 0.6) is 0 Å². The number of amides is 1. The summed E-state index contributed by atoms with van der Waals surface area (Å²) in [6.45, 7) is 13.1. The molecule has 2 rings (SSSR count). The molecule has 1 saturated heterocycles. The number of hydrogen-bond acceptors (Lipinski definition) is 2. The number of nitrogens with zero attached hydrogens (tertiary/aromatic N) is 2. The molecule has 3 nitrogen and oxygen atoms in total. The number of aryl methyl sites for hydroxylation is 2. The molecule has 3 heteroatoms. The lowest BCUT2D eigenvalue weighted by Gasteiger charge is -2.34. The van der Waals surface area contributed by atoms with Crippen LogP contribution in [0.4, 0.5) is 0 Å². The summed E-state index contributed by atoms with van der Waals surface area (Å²) in [4.78, 5) is 17.0. The van der Waals surface area contributed by atoms with Crippen molar-refractivity contribution in [2.45, 2.75) is 47.1 Å². The van der Waals surface area contributed by atoms with Gasteiger partial charge in [-0.1, -0.05) is 23.8 Å². The number of likely N-dealkylation sites (tertiary alicyclic amines) is 1. The molecular weight excluding hydrogens is 272 g/mol. The lowest BCUT2D eigenvalue weighted by molar-refractivity contribution is -0.137. The number of carbonyl (C=O) groups excluding carboxylic acids is 1. The minimum absolute atomic E-state index is 0.179. The van der Waals surface area contributed by atoms with Gasteiger partial charge in [0.25, 0.3) is 0 Å². The van der Waals surface area contributed by atoms with Crippen molar-refractivity contribution in [1.82, 2.24) is 9.80 Å². The van der Waals surface area contributed by atoms with Crippen molar-refractivity contribution in [1.29, 1.82) is 0 Å². The molecule has 1 heterocycles. The summed E-state index contributed by atoms with van der Waals surface area (Å²) in [6.07, 6.45) is 2.17. The Morgan fingerprint density at radius 3 is 2.68 bits per heavy atom. The molecular formula is C19H30N2O. The van der Waals surface area contributed by atoms with Gasteiger partial charge in [0.15, 0.2) is 0 Å². The molecule has 1 aliphatic heterocycles. The van der Waals surface area contributed by atoms with Gasteiger partial charge in [-0.05, 0) is 58.2 Å². The summed E-state index contributed by atoms with van der Waals surface area (Å²) in [5.41, 5.74) is 4.06. The van der Waals surface area contributed by atoms with Crippen LogP contribution in [0.15, 0.2) is 18.2 Å².